The van der Waals surface area contributed by atoms with Crippen LogP contribution in [0.1, 0.15) is 33.7 Å². The largest absolute Gasteiger partial charge is 0.459 e. The second kappa shape index (κ2) is 8.45. The average molecular weight is 403 g/mol. The molecule has 3 amide bonds. The molecule has 6 heteroatoms. The van der Waals surface area contributed by atoms with E-state index in [2.05, 4.69) is 37.4 Å². The highest BCUT2D eigenvalue weighted by Gasteiger charge is 2.27. The Morgan fingerprint density at radius 3 is 2.43 bits per heavy atom. The molecule has 0 unspecified atom stereocenters. The molecule has 0 saturated carbocycles. The van der Waals surface area contributed by atoms with Gasteiger partial charge in [-0.15, -0.1) is 0 Å². The summed E-state index contributed by atoms with van der Waals surface area (Å²) in [5.41, 5.74) is 5.04. The number of urea groups is 1. The van der Waals surface area contributed by atoms with Crippen molar-refractivity contribution in [3.63, 3.8) is 0 Å². The number of nitrogens with zero attached hydrogens (tertiary/aromatic N) is 2. The second-order valence-electron chi connectivity index (χ2n) is 7.68. The molecular weight excluding hydrogens is 378 g/mol. The molecule has 6 nitrogen and oxygen atoms in total. The molecule has 1 fully saturated rings. The van der Waals surface area contributed by atoms with E-state index in [0.717, 1.165) is 24.2 Å². The molecule has 1 saturated heterocycles. The van der Waals surface area contributed by atoms with Gasteiger partial charge in [-0.05, 0) is 62.2 Å². The highest BCUT2D eigenvalue weighted by Crippen LogP contribution is 2.24. The predicted octanol–water partition coefficient (Wildman–Crippen LogP) is 4.98. The number of nitrogens with one attached hydrogen (secondary N) is 1. The van der Waals surface area contributed by atoms with Crippen LogP contribution >= 0.6 is 0 Å². The van der Waals surface area contributed by atoms with Gasteiger partial charge < -0.3 is 14.6 Å². The number of aryl methyl sites for hydroxylation is 2. The number of anilines is 2. The number of benzene rings is 2. The zero-order valence-corrected chi connectivity index (χ0v) is 17.2. The van der Waals surface area contributed by atoms with Crippen molar-refractivity contribution >= 4 is 23.3 Å². The summed E-state index contributed by atoms with van der Waals surface area (Å²) < 4.78 is 5.11. The Bertz CT molecular complexity index is 1020. The minimum absolute atomic E-state index is 0.00720. The molecule has 1 N–H and O–H groups in total. The summed E-state index contributed by atoms with van der Waals surface area (Å²) in [6.45, 7) is 6.19. The molecule has 1 aromatic heterocycles. The standard InChI is InChI=1S/C24H25N3O3/c1-17-13-18(2)15-19(14-17)16-26-10-4-11-27(24(26)29)21-8-6-20(7-9-21)25-23(28)22-5-3-12-30-22/h3,5-9,12-15H,4,10-11,16H2,1-2H3,(H,25,28). The van der Waals surface area contributed by atoms with E-state index in [1.165, 1.54) is 17.4 Å². The van der Waals surface area contributed by atoms with E-state index in [1.54, 1.807) is 29.2 Å². The highest BCUT2D eigenvalue weighted by molar-refractivity contribution is 6.02. The minimum atomic E-state index is -0.304. The number of hydrogen-bond donors (Lipinski definition) is 1. The highest BCUT2D eigenvalue weighted by atomic mass is 16.3. The van der Waals surface area contributed by atoms with Gasteiger partial charge in [0.05, 0.1) is 6.26 Å². The van der Waals surface area contributed by atoms with Crippen LogP contribution in [0.4, 0.5) is 16.2 Å². The Morgan fingerprint density at radius 2 is 1.77 bits per heavy atom. The third-order valence-corrected chi connectivity index (χ3v) is 5.15. The molecular formula is C24H25N3O3. The first-order valence-corrected chi connectivity index (χ1v) is 10.1. The quantitative estimate of drug-likeness (QED) is 0.653. The smallest absolute Gasteiger partial charge is 0.324 e. The first-order chi connectivity index (χ1) is 14.5. The van der Waals surface area contributed by atoms with Crippen molar-refractivity contribution in [2.75, 3.05) is 23.3 Å². The summed E-state index contributed by atoms with van der Waals surface area (Å²) in [5, 5.41) is 2.79. The van der Waals surface area contributed by atoms with E-state index in [-0.39, 0.29) is 17.7 Å². The molecule has 0 bridgehead atoms. The van der Waals surface area contributed by atoms with Gasteiger partial charge >= 0.3 is 6.03 Å². The van der Waals surface area contributed by atoms with Gasteiger partial charge in [0, 0.05) is 31.0 Å². The fourth-order valence-corrected chi connectivity index (χ4v) is 3.87. The minimum Gasteiger partial charge on any atom is -0.459 e. The Hall–Kier alpha value is -3.54. The number of hydrogen-bond acceptors (Lipinski definition) is 3. The van der Waals surface area contributed by atoms with Crippen molar-refractivity contribution in [1.82, 2.24) is 4.90 Å². The van der Waals surface area contributed by atoms with E-state index in [1.807, 2.05) is 17.0 Å². The predicted molar refractivity (Wildman–Crippen MR) is 117 cm³/mol. The van der Waals surface area contributed by atoms with Crippen molar-refractivity contribution in [2.45, 2.75) is 26.8 Å². The van der Waals surface area contributed by atoms with Crippen LogP contribution in [0.15, 0.2) is 65.3 Å². The number of furan rings is 1. The Labute approximate surface area is 176 Å². The average Bonchev–Trinajstić information content (AvgIpc) is 3.25. The van der Waals surface area contributed by atoms with Crippen LogP contribution < -0.4 is 10.2 Å². The van der Waals surface area contributed by atoms with Crippen LogP contribution in [-0.2, 0) is 6.54 Å². The van der Waals surface area contributed by atoms with E-state index in [0.29, 0.717) is 18.8 Å². The fraction of sp³-hybridized carbons (Fsp3) is 0.250. The normalized spacial score (nSPS) is 14.1. The summed E-state index contributed by atoms with van der Waals surface area (Å²) in [4.78, 5) is 28.9. The number of rotatable bonds is 5. The first-order valence-electron chi connectivity index (χ1n) is 10.1. The molecule has 1 aliphatic heterocycles. The van der Waals surface area contributed by atoms with Gasteiger partial charge in [0.1, 0.15) is 0 Å². The lowest BCUT2D eigenvalue weighted by molar-refractivity contribution is 0.0996. The summed E-state index contributed by atoms with van der Waals surface area (Å²) in [6, 6.07) is 17.0. The number of carbonyl (C=O) groups excluding carboxylic acids is 2. The molecule has 154 valence electrons. The van der Waals surface area contributed by atoms with E-state index in [9.17, 15) is 9.59 Å². The molecule has 0 spiro atoms. The van der Waals surface area contributed by atoms with Crippen LogP contribution in [0.2, 0.25) is 0 Å². The maximum Gasteiger partial charge on any atom is 0.324 e. The van der Waals surface area contributed by atoms with Crippen molar-refractivity contribution in [3.8, 4) is 0 Å². The third kappa shape index (κ3) is 4.38. The number of amides is 3. The molecule has 1 aliphatic rings. The molecule has 30 heavy (non-hydrogen) atoms. The van der Waals surface area contributed by atoms with Gasteiger partial charge in [0.15, 0.2) is 5.76 Å². The van der Waals surface area contributed by atoms with Crippen LogP contribution in [0.25, 0.3) is 0 Å². The van der Waals surface area contributed by atoms with E-state index >= 15 is 0 Å². The summed E-state index contributed by atoms with van der Waals surface area (Å²) in [7, 11) is 0. The zero-order chi connectivity index (χ0) is 21.1. The number of carbonyl (C=O) groups is 2. The molecule has 0 atom stereocenters. The van der Waals surface area contributed by atoms with Gasteiger partial charge in [-0.2, -0.15) is 0 Å². The lowest BCUT2D eigenvalue weighted by atomic mass is 10.1. The van der Waals surface area contributed by atoms with Crippen molar-refractivity contribution in [2.24, 2.45) is 0 Å². The lowest BCUT2D eigenvalue weighted by Gasteiger charge is -2.36. The van der Waals surface area contributed by atoms with Gasteiger partial charge in [0.25, 0.3) is 5.91 Å². The van der Waals surface area contributed by atoms with Gasteiger partial charge in [-0.3, -0.25) is 9.69 Å². The molecule has 0 radical (unpaired) electrons. The van der Waals surface area contributed by atoms with Crippen LogP contribution in [-0.4, -0.2) is 29.9 Å². The Balaban J connectivity index is 1.44. The molecule has 4 rings (SSSR count). The molecule has 3 aromatic rings. The van der Waals surface area contributed by atoms with E-state index in [4.69, 9.17) is 4.42 Å². The summed E-state index contributed by atoms with van der Waals surface area (Å²) in [6.07, 6.45) is 2.37. The summed E-state index contributed by atoms with van der Waals surface area (Å²) in [5.74, 6) is -0.0475. The Kier molecular flexibility index (Phi) is 5.57. The molecule has 2 heterocycles. The third-order valence-electron chi connectivity index (χ3n) is 5.15. The van der Waals surface area contributed by atoms with Crippen molar-refractivity contribution < 1.29 is 14.0 Å². The summed E-state index contributed by atoms with van der Waals surface area (Å²) >= 11 is 0. The molecule has 2 aromatic carbocycles. The van der Waals surface area contributed by atoms with E-state index < -0.39 is 0 Å². The second-order valence-corrected chi connectivity index (χ2v) is 7.68. The van der Waals surface area contributed by atoms with Crippen LogP contribution in [0, 0.1) is 13.8 Å². The lowest BCUT2D eigenvalue weighted by Crippen LogP contribution is -2.49. The van der Waals surface area contributed by atoms with Gasteiger partial charge in [0.2, 0.25) is 0 Å². The van der Waals surface area contributed by atoms with Crippen LogP contribution in [0.5, 0.6) is 0 Å². The zero-order valence-electron chi connectivity index (χ0n) is 17.2. The monoisotopic (exact) mass is 403 g/mol. The van der Waals surface area contributed by atoms with Crippen molar-refractivity contribution in [1.29, 1.82) is 0 Å². The van der Waals surface area contributed by atoms with Gasteiger partial charge in [-0.1, -0.05) is 29.3 Å². The molecule has 0 aliphatic carbocycles. The topological polar surface area (TPSA) is 65.8 Å². The first kappa shape index (κ1) is 19.8. The SMILES string of the molecule is Cc1cc(C)cc(CN2CCCN(c3ccc(NC(=O)c4ccco4)cc3)C2=O)c1. The van der Waals surface area contributed by atoms with Gasteiger partial charge in [-0.25, -0.2) is 4.79 Å². The maximum absolute atomic E-state index is 13.1. The maximum atomic E-state index is 13.1. The van der Waals surface area contributed by atoms with Crippen LogP contribution in [0.3, 0.4) is 0 Å². The Morgan fingerprint density at radius 1 is 1.03 bits per heavy atom. The van der Waals surface area contributed by atoms with Crippen molar-refractivity contribution in [3.05, 3.63) is 83.3 Å². The fourth-order valence-electron chi connectivity index (χ4n) is 3.87.